The number of nitrogens with one attached hydrogen (secondary N) is 2. The highest BCUT2D eigenvalue weighted by Gasteiger charge is 2.13. The number of aliphatic carboxylic acids is 1. The quantitative estimate of drug-likeness (QED) is 0.495. The van der Waals surface area contributed by atoms with Crippen LogP contribution < -0.4 is 10.6 Å². The van der Waals surface area contributed by atoms with Crippen LogP contribution in [0.15, 0.2) is 0 Å². The topological polar surface area (TPSA) is 98.7 Å². The van der Waals surface area contributed by atoms with Crippen LogP contribution in [0.4, 0.5) is 4.79 Å². The lowest BCUT2D eigenvalue weighted by Gasteiger charge is -2.10. The molecule has 0 unspecified atom stereocenters. The normalized spacial score (nSPS) is 12.3. The van der Waals surface area contributed by atoms with Gasteiger partial charge in [-0.2, -0.15) is 0 Å². The van der Waals surface area contributed by atoms with Crippen LogP contribution in [-0.4, -0.2) is 41.4 Å². The molecule has 0 spiro atoms. The Bertz CT molecular complexity index is 218. The van der Waals surface area contributed by atoms with Gasteiger partial charge in [0.2, 0.25) is 0 Å². The van der Waals surface area contributed by atoms with E-state index in [-0.39, 0.29) is 6.54 Å². The molecule has 0 aromatic heterocycles. The predicted octanol–water partition coefficient (Wildman–Crippen LogP) is -0.223. The smallest absolute Gasteiger partial charge is 0.334 e. The standard InChI is InChI=1S/C9H18N2O4/c1-6(2)3-4-10-9(15)11-5-7(12)8(13)14/h6-7,12H,3-5H2,1-2H3,(H,13,14)(H2,10,11,15)/t7-/m0/s1. The van der Waals surface area contributed by atoms with Gasteiger partial charge in [0.1, 0.15) is 0 Å². The number of hydrogen-bond donors (Lipinski definition) is 4. The molecule has 2 amide bonds. The largest absolute Gasteiger partial charge is 0.479 e. The second kappa shape index (κ2) is 7.05. The van der Waals surface area contributed by atoms with Gasteiger partial charge in [-0.05, 0) is 12.3 Å². The lowest BCUT2D eigenvalue weighted by molar-refractivity contribution is -0.146. The second-order valence-corrected chi connectivity index (χ2v) is 3.67. The fourth-order valence-corrected chi connectivity index (χ4v) is 0.814. The number of carbonyl (C=O) groups excluding carboxylic acids is 1. The van der Waals surface area contributed by atoms with E-state index in [2.05, 4.69) is 10.6 Å². The highest BCUT2D eigenvalue weighted by molar-refractivity contribution is 5.76. The van der Waals surface area contributed by atoms with E-state index < -0.39 is 18.1 Å². The Balaban J connectivity index is 3.53. The van der Waals surface area contributed by atoms with E-state index >= 15 is 0 Å². The molecular weight excluding hydrogens is 200 g/mol. The first-order valence-electron chi connectivity index (χ1n) is 4.86. The fourth-order valence-electron chi connectivity index (χ4n) is 0.814. The second-order valence-electron chi connectivity index (χ2n) is 3.67. The van der Waals surface area contributed by atoms with E-state index in [1.54, 1.807) is 0 Å². The Morgan fingerprint density at radius 3 is 2.33 bits per heavy atom. The maximum atomic E-state index is 11.0. The van der Waals surface area contributed by atoms with Crippen molar-refractivity contribution in [1.82, 2.24) is 10.6 Å². The summed E-state index contributed by atoms with van der Waals surface area (Å²) in [5, 5.41) is 22.0. The lowest BCUT2D eigenvalue weighted by Crippen LogP contribution is -2.42. The summed E-state index contributed by atoms with van der Waals surface area (Å²) in [5.41, 5.74) is 0. The molecule has 0 aliphatic heterocycles. The summed E-state index contributed by atoms with van der Waals surface area (Å²) in [6.07, 6.45) is -0.699. The Hall–Kier alpha value is -1.30. The summed E-state index contributed by atoms with van der Waals surface area (Å²) in [4.78, 5) is 21.2. The van der Waals surface area contributed by atoms with Gasteiger partial charge < -0.3 is 20.8 Å². The molecule has 0 rings (SSSR count). The number of aliphatic hydroxyl groups is 1. The zero-order valence-electron chi connectivity index (χ0n) is 8.99. The zero-order valence-corrected chi connectivity index (χ0v) is 8.99. The van der Waals surface area contributed by atoms with Gasteiger partial charge in [0, 0.05) is 6.54 Å². The van der Waals surface area contributed by atoms with Gasteiger partial charge in [0.15, 0.2) is 6.10 Å². The average Bonchev–Trinajstić information content (AvgIpc) is 2.13. The summed E-state index contributed by atoms with van der Waals surface area (Å²) < 4.78 is 0. The van der Waals surface area contributed by atoms with Crippen LogP contribution in [0.25, 0.3) is 0 Å². The summed E-state index contributed by atoms with van der Waals surface area (Å²) >= 11 is 0. The first kappa shape index (κ1) is 13.7. The van der Waals surface area contributed by atoms with Gasteiger partial charge in [-0.25, -0.2) is 9.59 Å². The molecule has 0 aromatic rings. The van der Waals surface area contributed by atoms with Crippen LogP contribution in [-0.2, 0) is 4.79 Å². The molecule has 0 heterocycles. The number of carbonyl (C=O) groups is 2. The van der Waals surface area contributed by atoms with Crippen molar-refractivity contribution in [2.75, 3.05) is 13.1 Å². The minimum absolute atomic E-state index is 0.289. The van der Waals surface area contributed by atoms with Crippen LogP contribution in [0.5, 0.6) is 0 Å². The number of rotatable bonds is 6. The van der Waals surface area contributed by atoms with Crippen molar-refractivity contribution in [2.45, 2.75) is 26.4 Å². The monoisotopic (exact) mass is 218 g/mol. The Morgan fingerprint density at radius 1 is 1.27 bits per heavy atom. The van der Waals surface area contributed by atoms with Crippen molar-refractivity contribution < 1.29 is 19.8 Å². The van der Waals surface area contributed by atoms with Crippen molar-refractivity contribution >= 4 is 12.0 Å². The lowest BCUT2D eigenvalue weighted by atomic mass is 10.1. The first-order valence-corrected chi connectivity index (χ1v) is 4.86. The summed E-state index contributed by atoms with van der Waals surface area (Å²) in [6, 6.07) is -0.462. The summed E-state index contributed by atoms with van der Waals surface area (Å²) in [5.74, 6) is -0.854. The molecule has 0 saturated heterocycles. The third-order valence-electron chi connectivity index (χ3n) is 1.75. The minimum Gasteiger partial charge on any atom is -0.479 e. The average molecular weight is 218 g/mol. The molecule has 0 bridgehead atoms. The van der Waals surface area contributed by atoms with Crippen molar-refractivity contribution in [3.63, 3.8) is 0 Å². The number of aliphatic hydroxyl groups excluding tert-OH is 1. The van der Waals surface area contributed by atoms with E-state index in [4.69, 9.17) is 10.2 Å². The van der Waals surface area contributed by atoms with Crippen molar-refractivity contribution in [2.24, 2.45) is 5.92 Å². The fraction of sp³-hybridized carbons (Fsp3) is 0.778. The predicted molar refractivity (Wildman–Crippen MR) is 54.5 cm³/mol. The van der Waals surface area contributed by atoms with Crippen LogP contribution in [0.3, 0.4) is 0 Å². The van der Waals surface area contributed by atoms with Crippen LogP contribution >= 0.6 is 0 Å². The van der Waals surface area contributed by atoms with Gasteiger partial charge in [-0.1, -0.05) is 13.8 Å². The number of carboxylic acids is 1. The van der Waals surface area contributed by atoms with E-state index in [1.165, 1.54) is 0 Å². The van der Waals surface area contributed by atoms with Gasteiger partial charge in [-0.15, -0.1) is 0 Å². The third kappa shape index (κ3) is 7.75. The van der Waals surface area contributed by atoms with Gasteiger partial charge >= 0.3 is 12.0 Å². The van der Waals surface area contributed by atoms with Crippen molar-refractivity contribution in [3.05, 3.63) is 0 Å². The molecule has 1 atom stereocenters. The maximum absolute atomic E-state index is 11.0. The molecule has 6 heteroatoms. The van der Waals surface area contributed by atoms with E-state index in [1.807, 2.05) is 13.8 Å². The molecule has 0 fully saturated rings. The molecular formula is C9H18N2O4. The Morgan fingerprint density at radius 2 is 1.87 bits per heavy atom. The minimum atomic E-state index is -1.55. The Kier molecular flexibility index (Phi) is 6.44. The summed E-state index contributed by atoms with van der Waals surface area (Å²) in [6.45, 7) is 4.32. The molecule has 6 nitrogen and oxygen atoms in total. The molecule has 0 aliphatic rings. The first-order chi connectivity index (χ1) is 6.93. The number of hydrogen-bond acceptors (Lipinski definition) is 3. The van der Waals surface area contributed by atoms with Gasteiger partial charge in [0.05, 0.1) is 6.54 Å². The van der Waals surface area contributed by atoms with Crippen molar-refractivity contribution in [1.29, 1.82) is 0 Å². The highest BCUT2D eigenvalue weighted by atomic mass is 16.4. The number of amides is 2. The zero-order chi connectivity index (χ0) is 11.8. The molecule has 15 heavy (non-hydrogen) atoms. The molecule has 4 N–H and O–H groups in total. The number of carboxylic acid groups (broad SMARTS) is 1. The van der Waals surface area contributed by atoms with Gasteiger partial charge in [0.25, 0.3) is 0 Å². The van der Waals surface area contributed by atoms with Crippen LogP contribution in [0, 0.1) is 5.92 Å². The SMILES string of the molecule is CC(C)CCNC(=O)NC[C@H](O)C(=O)O. The van der Waals surface area contributed by atoms with Crippen molar-refractivity contribution in [3.8, 4) is 0 Å². The molecule has 0 saturated carbocycles. The molecule has 88 valence electrons. The third-order valence-corrected chi connectivity index (χ3v) is 1.75. The summed E-state index contributed by atoms with van der Waals surface area (Å²) in [7, 11) is 0. The maximum Gasteiger partial charge on any atom is 0.334 e. The van der Waals surface area contributed by atoms with Crippen LogP contribution in [0.1, 0.15) is 20.3 Å². The molecule has 0 aromatic carbocycles. The van der Waals surface area contributed by atoms with E-state index in [9.17, 15) is 9.59 Å². The molecule has 0 radical (unpaired) electrons. The highest BCUT2D eigenvalue weighted by Crippen LogP contribution is 1.95. The van der Waals surface area contributed by atoms with E-state index in [0.29, 0.717) is 12.5 Å². The van der Waals surface area contributed by atoms with Gasteiger partial charge in [-0.3, -0.25) is 0 Å². The Labute approximate surface area is 88.7 Å². The molecule has 0 aliphatic carbocycles. The van der Waals surface area contributed by atoms with Crippen LogP contribution in [0.2, 0.25) is 0 Å². The van der Waals surface area contributed by atoms with E-state index in [0.717, 1.165) is 6.42 Å². The number of urea groups is 1.